The highest BCUT2D eigenvalue weighted by Crippen LogP contribution is 2.27. The molecule has 2 atom stereocenters. The smallest absolute Gasteiger partial charge is 0.347 e. The van der Waals surface area contributed by atoms with Gasteiger partial charge in [-0.15, -0.1) is 0 Å². The molecule has 4 heteroatoms. The van der Waals surface area contributed by atoms with Crippen LogP contribution >= 0.6 is 0 Å². The van der Waals surface area contributed by atoms with E-state index in [1.165, 1.54) is 0 Å². The molecule has 0 aliphatic rings. The first-order valence-electron chi connectivity index (χ1n) is 7.19. The van der Waals surface area contributed by atoms with Gasteiger partial charge in [0.1, 0.15) is 5.75 Å². The molecule has 0 aliphatic carbocycles. The molecule has 1 rings (SSSR count). The third-order valence-corrected chi connectivity index (χ3v) is 3.03. The highest BCUT2D eigenvalue weighted by atomic mass is 16.6. The van der Waals surface area contributed by atoms with Crippen LogP contribution in [0.1, 0.15) is 50.8 Å². The van der Waals surface area contributed by atoms with Crippen LogP contribution in [-0.2, 0) is 9.53 Å². The minimum Gasteiger partial charge on any atom is -0.478 e. The summed E-state index contributed by atoms with van der Waals surface area (Å²) in [4.78, 5) is 11.9. The molecule has 0 fully saturated rings. The van der Waals surface area contributed by atoms with E-state index in [2.05, 4.69) is 0 Å². The summed E-state index contributed by atoms with van der Waals surface area (Å²) in [7, 11) is 0. The largest absolute Gasteiger partial charge is 0.478 e. The summed E-state index contributed by atoms with van der Waals surface area (Å²) < 4.78 is 11.0. The molecule has 1 aromatic carbocycles. The lowest BCUT2D eigenvalue weighted by Gasteiger charge is -2.21. The summed E-state index contributed by atoms with van der Waals surface area (Å²) in [5.41, 5.74) is 7.93. The Morgan fingerprint density at radius 3 is 2.60 bits per heavy atom. The molecule has 0 radical (unpaired) electrons. The van der Waals surface area contributed by atoms with Crippen LogP contribution in [0.15, 0.2) is 18.2 Å². The van der Waals surface area contributed by atoms with Gasteiger partial charge in [0.25, 0.3) is 0 Å². The maximum Gasteiger partial charge on any atom is 0.347 e. The van der Waals surface area contributed by atoms with E-state index >= 15 is 0 Å². The van der Waals surface area contributed by atoms with Crippen LogP contribution in [0.5, 0.6) is 5.75 Å². The molecule has 0 aliphatic heterocycles. The third kappa shape index (κ3) is 4.53. The molecular weight excluding hydrogens is 254 g/mol. The number of esters is 1. The molecule has 0 spiro atoms. The first-order chi connectivity index (χ1) is 9.49. The van der Waals surface area contributed by atoms with E-state index in [1.807, 2.05) is 39.0 Å². The molecule has 0 amide bonds. The predicted molar refractivity (Wildman–Crippen MR) is 79.7 cm³/mol. The molecule has 20 heavy (non-hydrogen) atoms. The van der Waals surface area contributed by atoms with Gasteiger partial charge in [-0.2, -0.15) is 0 Å². The van der Waals surface area contributed by atoms with Crippen molar-refractivity contribution in [1.82, 2.24) is 0 Å². The number of hydrogen-bond donors (Lipinski definition) is 1. The molecule has 112 valence electrons. The number of benzene rings is 1. The summed E-state index contributed by atoms with van der Waals surface area (Å²) in [6.07, 6.45) is 0.910. The van der Waals surface area contributed by atoms with E-state index < -0.39 is 6.10 Å². The third-order valence-electron chi connectivity index (χ3n) is 3.03. The maximum absolute atomic E-state index is 11.9. The van der Waals surface area contributed by atoms with Gasteiger partial charge in [0.15, 0.2) is 6.10 Å². The van der Waals surface area contributed by atoms with Crippen molar-refractivity contribution < 1.29 is 14.3 Å². The standard InChI is InChI=1S/C16H25NO3/c1-5-7-14(16(18)19-6-2)20-15-10-11(3)8-9-13(15)12(4)17/h8-10,12,14H,5-7,17H2,1-4H3/t12-,14?/m0/s1. The van der Waals surface area contributed by atoms with Crippen LogP contribution in [0, 0.1) is 6.92 Å². The average Bonchev–Trinajstić information content (AvgIpc) is 2.38. The van der Waals surface area contributed by atoms with Gasteiger partial charge in [0.2, 0.25) is 0 Å². The molecule has 1 unspecified atom stereocenters. The number of carbonyl (C=O) groups excluding carboxylic acids is 1. The maximum atomic E-state index is 11.9. The minimum atomic E-state index is -0.570. The fraction of sp³-hybridized carbons (Fsp3) is 0.562. The summed E-state index contributed by atoms with van der Waals surface area (Å²) in [6, 6.07) is 5.71. The van der Waals surface area contributed by atoms with Crippen molar-refractivity contribution in [2.75, 3.05) is 6.61 Å². The number of carbonyl (C=O) groups is 1. The minimum absolute atomic E-state index is 0.143. The number of rotatable bonds is 7. The van der Waals surface area contributed by atoms with Gasteiger partial charge >= 0.3 is 5.97 Å². The molecule has 0 aromatic heterocycles. The molecule has 1 aromatic rings. The van der Waals surface area contributed by atoms with Crippen molar-refractivity contribution >= 4 is 5.97 Å². The molecule has 2 N–H and O–H groups in total. The first-order valence-corrected chi connectivity index (χ1v) is 7.19. The van der Waals surface area contributed by atoms with Crippen LogP contribution in [0.3, 0.4) is 0 Å². The Hall–Kier alpha value is -1.55. The van der Waals surface area contributed by atoms with Crippen molar-refractivity contribution in [3.05, 3.63) is 29.3 Å². The highest BCUT2D eigenvalue weighted by molar-refractivity contribution is 5.75. The lowest BCUT2D eigenvalue weighted by molar-refractivity contribution is -0.151. The van der Waals surface area contributed by atoms with E-state index in [4.69, 9.17) is 15.2 Å². The van der Waals surface area contributed by atoms with Gasteiger partial charge < -0.3 is 15.2 Å². The van der Waals surface area contributed by atoms with Gasteiger partial charge in [-0.1, -0.05) is 25.5 Å². The van der Waals surface area contributed by atoms with Crippen molar-refractivity contribution in [3.63, 3.8) is 0 Å². The van der Waals surface area contributed by atoms with Crippen LogP contribution in [-0.4, -0.2) is 18.7 Å². The predicted octanol–water partition coefficient (Wildman–Crippen LogP) is 3.13. The van der Waals surface area contributed by atoms with Gasteiger partial charge in [-0.3, -0.25) is 0 Å². The summed E-state index contributed by atoms with van der Waals surface area (Å²) >= 11 is 0. The van der Waals surface area contributed by atoms with E-state index in [9.17, 15) is 4.79 Å². The summed E-state index contributed by atoms with van der Waals surface area (Å²) in [5.74, 6) is 0.359. The number of ether oxygens (including phenoxy) is 2. The lowest BCUT2D eigenvalue weighted by atomic mass is 10.1. The Morgan fingerprint density at radius 1 is 1.35 bits per heavy atom. The second-order valence-electron chi connectivity index (χ2n) is 4.98. The van der Waals surface area contributed by atoms with Crippen LogP contribution in [0.25, 0.3) is 0 Å². The van der Waals surface area contributed by atoms with Crippen LogP contribution < -0.4 is 10.5 Å². The summed E-state index contributed by atoms with van der Waals surface area (Å²) in [5, 5.41) is 0. The van der Waals surface area contributed by atoms with E-state index in [0.29, 0.717) is 18.8 Å². The van der Waals surface area contributed by atoms with Crippen molar-refractivity contribution in [2.45, 2.75) is 52.7 Å². The molecule has 0 bridgehead atoms. The molecule has 0 saturated heterocycles. The van der Waals surface area contributed by atoms with Crippen LogP contribution in [0.2, 0.25) is 0 Å². The average molecular weight is 279 g/mol. The normalized spacial score (nSPS) is 13.7. The second kappa shape index (κ2) is 7.90. The Morgan fingerprint density at radius 2 is 2.05 bits per heavy atom. The zero-order valence-corrected chi connectivity index (χ0v) is 12.8. The number of hydrogen-bond acceptors (Lipinski definition) is 4. The van der Waals surface area contributed by atoms with Crippen molar-refractivity contribution in [3.8, 4) is 5.75 Å². The molecule has 0 heterocycles. The zero-order chi connectivity index (χ0) is 15.1. The molecule has 4 nitrogen and oxygen atoms in total. The molecule has 0 saturated carbocycles. The Bertz CT molecular complexity index is 443. The lowest BCUT2D eigenvalue weighted by Crippen LogP contribution is -2.30. The topological polar surface area (TPSA) is 61.5 Å². The van der Waals surface area contributed by atoms with Gasteiger partial charge in [-0.25, -0.2) is 4.79 Å². The monoisotopic (exact) mass is 279 g/mol. The molecular formula is C16H25NO3. The zero-order valence-electron chi connectivity index (χ0n) is 12.8. The summed E-state index contributed by atoms with van der Waals surface area (Å²) in [6.45, 7) is 8.05. The fourth-order valence-electron chi connectivity index (χ4n) is 2.00. The van der Waals surface area contributed by atoms with Gasteiger partial charge in [0, 0.05) is 11.6 Å². The Kier molecular flexibility index (Phi) is 6.52. The Balaban J connectivity index is 2.97. The van der Waals surface area contributed by atoms with Gasteiger partial charge in [-0.05, 0) is 38.8 Å². The van der Waals surface area contributed by atoms with E-state index in [-0.39, 0.29) is 12.0 Å². The Labute approximate surface area is 121 Å². The highest BCUT2D eigenvalue weighted by Gasteiger charge is 2.22. The quantitative estimate of drug-likeness (QED) is 0.779. The second-order valence-corrected chi connectivity index (χ2v) is 4.98. The number of aryl methyl sites for hydroxylation is 1. The van der Waals surface area contributed by atoms with Crippen molar-refractivity contribution in [2.24, 2.45) is 5.73 Å². The SMILES string of the molecule is CCCC(Oc1cc(C)ccc1[C@H](C)N)C(=O)OCC. The van der Waals surface area contributed by atoms with Crippen molar-refractivity contribution in [1.29, 1.82) is 0 Å². The van der Waals surface area contributed by atoms with Crippen LogP contribution in [0.4, 0.5) is 0 Å². The number of nitrogens with two attached hydrogens (primary N) is 1. The van der Waals surface area contributed by atoms with E-state index in [1.54, 1.807) is 6.92 Å². The van der Waals surface area contributed by atoms with Gasteiger partial charge in [0.05, 0.1) is 6.61 Å². The fourth-order valence-corrected chi connectivity index (χ4v) is 2.00. The van der Waals surface area contributed by atoms with E-state index in [0.717, 1.165) is 17.5 Å². The first kappa shape index (κ1) is 16.5.